The largest absolute Gasteiger partial charge is 0.494 e. The fourth-order valence-corrected chi connectivity index (χ4v) is 4.26. The monoisotopic (exact) mass is 451 g/mol. The Bertz CT molecular complexity index is 1030. The van der Waals surface area contributed by atoms with E-state index >= 15 is 0 Å². The standard InChI is InChI=1S/C23H21N3O3S2/c1-2-29-19-11-9-17(10-12-19)15-20-22(28)26(23(30)31-20)16-21(27)25(14-6-13-24)18-7-4-3-5-8-18/h3-5,7-12,15H,2,6,14,16H2,1H3. The molecule has 1 fully saturated rings. The molecule has 2 aromatic carbocycles. The van der Waals surface area contributed by atoms with Gasteiger partial charge in [0.15, 0.2) is 0 Å². The molecule has 0 spiro atoms. The summed E-state index contributed by atoms with van der Waals surface area (Å²) in [6.45, 7) is 2.57. The van der Waals surface area contributed by atoms with Crippen LogP contribution in [0.2, 0.25) is 0 Å². The molecular formula is C23H21N3O3S2. The van der Waals surface area contributed by atoms with Gasteiger partial charge in [-0.1, -0.05) is 54.3 Å². The minimum Gasteiger partial charge on any atom is -0.494 e. The number of hydrogen-bond acceptors (Lipinski definition) is 6. The summed E-state index contributed by atoms with van der Waals surface area (Å²) in [6, 6.07) is 18.5. The van der Waals surface area contributed by atoms with E-state index in [-0.39, 0.29) is 31.3 Å². The minimum absolute atomic E-state index is 0.175. The number of para-hydroxylation sites is 1. The van der Waals surface area contributed by atoms with Crippen molar-refractivity contribution in [3.05, 3.63) is 65.1 Å². The van der Waals surface area contributed by atoms with Gasteiger partial charge in [0.1, 0.15) is 16.6 Å². The van der Waals surface area contributed by atoms with Crippen LogP contribution >= 0.6 is 24.0 Å². The highest BCUT2D eigenvalue weighted by atomic mass is 32.2. The summed E-state index contributed by atoms with van der Waals surface area (Å²) in [5, 5.41) is 8.94. The molecule has 0 radical (unpaired) electrons. The van der Waals surface area contributed by atoms with E-state index in [2.05, 4.69) is 6.07 Å². The molecule has 1 heterocycles. The zero-order valence-corrected chi connectivity index (χ0v) is 18.6. The van der Waals surface area contributed by atoms with Crippen LogP contribution in [0.4, 0.5) is 5.69 Å². The molecule has 1 saturated heterocycles. The van der Waals surface area contributed by atoms with Gasteiger partial charge in [0.05, 0.1) is 24.0 Å². The second-order valence-electron chi connectivity index (χ2n) is 6.56. The molecule has 2 amide bonds. The van der Waals surface area contributed by atoms with Gasteiger partial charge in [-0.15, -0.1) is 0 Å². The van der Waals surface area contributed by atoms with E-state index in [1.165, 1.54) is 21.6 Å². The fourth-order valence-electron chi connectivity index (χ4n) is 3.00. The van der Waals surface area contributed by atoms with Gasteiger partial charge in [0, 0.05) is 12.2 Å². The first-order chi connectivity index (χ1) is 15.0. The highest BCUT2D eigenvalue weighted by molar-refractivity contribution is 8.26. The third-order valence-corrected chi connectivity index (χ3v) is 5.85. The summed E-state index contributed by atoms with van der Waals surface area (Å²) in [4.78, 5) is 29.2. The van der Waals surface area contributed by atoms with Crippen molar-refractivity contribution < 1.29 is 14.3 Å². The number of thioether (sulfide) groups is 1. The van der Waals surface area contributed by atoms with Crippen molar-refractivity contribution in [2.24, 2.45) is 0 Å². The molecule has 1 aliphatic heterocycles. The van der Waals surface area contributed by atoms with Crippen molar-refractivity contribution in [3.8, 4) is 11.8 Å². The number of ether oxygens (including phenoxy) is 1. The summed E-state index contributed by atoms with van der Waals surface area (Å²) in [7, 11) is 0. The smallest absolute Gasteiger partial charge is 0.266 e. The van der Waals surface area contributed by atoms with Crippen molar-refractivity contribution in [2.45, 2.75) is 13.3 Å². The number of nitriles is 1. The van der Waals surface area contributed by atoms with E-state index < -0.39 is 0 Å². The molecule has 3 rings (SSSR count). The normalized spacial score (nSPS) is 14.6. The van der Waals surface area contributed by atoms with Crippen molar-refractivity contribution >= 4 is 51.9 Å². The number of amides is 2. The molecule has 0 aromatic heterocycles. The van der Waals surface area contributed by atoms with Gasteiger partial charge in [0.25, 0.3) is 5.91 Å². The molecule has 0 atom stereocenters. The number of rotatable bonds is 8. The molecule has 8 heteroatoms. The van der Waals surface area contributed by atoms with Gasteiger partial charge in [0.2, 0.25) is 5.91 Å². The van der Waals surface area contributed by atoms with Gasteiger partial charge in [-0.25, -0.2) is 0 Å². The van der Waals surface area contributed by atoms with Crippen molar-refractivity contribution in [2.75, 3.05) is 24.6 Å². The van der Waals surface area contributed by atoms with Gasteiger partial charge >= 0.3 is 0 Å². The number of carbonyl (C=O) groups excluding carboxylic acids is 2. The molecule has 0 bridgehead atoms. The summed E-state index contributed by atoms with van der Waals surface area (Å²) in [6.07, 6.45) is 1.95. The number of thiocarbonyl (C=S) groups is 1. The van der Waals surface area contributed by atoms with Gasteiger partial charge < -0.3 is 9.64 Å². The number of anilines is 1. The number of carbonyl (C=O) groups is 2. The van der Waals surface area contributed by atoms with Crippen LogP contribution in [-0.2, 0) is 9.59 Å². The topological polar surface area (TPSA) is 73.6 Å². The van der Waals surface area contributed by atoms with E-state index in [4.69, 9.17) is 22.2 Å². The Hall–Kier alpha value is -3.15. The lowest BCUT2D eigenvalue weighted by Crippen LogP contribution is -2.42. The van der Waals surface area contributed by atoms with Gasteiger partial charge in [-0.05, 0) is 42.8 Å². The Morgan fingerprint density at radius 3 is 2.58 bits per heavy atom. The maximum Gasteiger partial charge on any atom is 0.266 e. The Balaban J connectivity index is 1.74. The molecule has 158 valence electrons. The Labute approximate surface area is 191 Å². The maximum absolute atomic E-state index is 13.0. The lowest BCUT2D eigenvalue weighted by Gasteiger charge is -2.24. The zero-order valence-electron chi connectivity index (χ0n) is 17.0. The molecule has 0 aliphatic carbocycles. The third kappa shape index (κ3) is 5.72. The van der Waals surface area contributed by atoms with Crippen LogP contribution < -0.4 is 9.64 Å². The van der Waals surface area contributed by atoms with Crippen LogP contribution in [0, 0.1) is 11.3 Å². The molecule has 0 saturated carbocycles. The predicted octanol–water partition coefficient (Wildman–Crippen LogP) is 4.23. The predicted molar refractivity (Wildman–Crippen MR) is 127 cm³/mol. The minimum atomic E-state index is -0.300. The van der Waals surface area contributed by atoms with Crippen LogP contribution in [0.3, 0.4) is 0 Å². The molecule has 31 heavy (non-hydrogen) atoms. The third-order valence-electron chi connectivity index (χ3n) is 4.47. The van der Waals surface area contributed by atoms with Crippen LogP contribution in [0.1, 0.15) is 18.9 Å². The van der Waals surface area contributed by atoms with E-state index in [1.54, 1.807) is 18.2 Å². The maximum atomic E-state index is 13.0. The van der Waals surface area contributed by atoms with Crippen LogP contribution in [0.15, 0.2) is 59.5 Å². The first kappa shape index (κ1) is 22.5. The Morgan fingerprint density at radius 2 is 1.94 bits per heavy atom. The fraction of sp³-hybridized carbons (Fsp3) is 0.217. The van der Waals surface area contributed by atoms with Crippen LogP contribution in [-0.4, -0.2) is 40.7 Å². The first-order valence-corrected chi connectivity index (χ1v) is 11.0. The van der Waals surface area contributed by atoms with Crippen LogP contribution in [0.25, 0.3) is 6.08 Å². The lowest BCUT2D eigenvalue weighted by molar-refractivity contribution is -0.127. The highest BCUT2D eigenvalue weighted by Crippen LogP contribution is 2.33. The molecule has 6 nitrogen and oxygen atoms in total. The summed E-state index contributed by atoms with van der Waals surface area (Å²) in [5.41, 5.74) is 1.52. The van der Waals surface area contributed by atoms with Gasteiger partial charge in [-0.2, -0.15) is 5.26 Å². The summed E-state index contributed by atoms with van der Waals surface area (Å²) < 4.78 is 5.77. The van der Waals surface area contributed by atoms with E-state index in [0.717, 1.165) is 11.3 Å². The average molecular weight is 452 g/mol. The number of benzene rings is 2. The summed E-state index contributed by atoms with van der Waals surface area (Å²) in [5.74, 6) is 0.168. The lowest BCUT2D eigenvalue weighted by atomic mass is 10.2. The Morgan fingerprint density at radius 1 is 1.23 bits per heavy atom. The van der Waals surface area contributed by atoms with E-state index in [0.29, 0.717) is 21.5 Å². The number of hydrogen-bond donors (Lipinski definition) is 0. The summed E-state index contributed by atoms with van der Waals surface area (Å²) >= 11 is 6.53. The molecule has 2 aromatic rings. The average Bonchev–Trinajstić information content (AvgIpc) is 3.03. The quantitative estimate of drug-likeness (QED) is 0.442. The van der Waals surface area contributed by atoms with Crippen molar-refractivity contribution in [3.63, 3.8) is 0 Å². The van der Waals surface area contributed by atoms with Crippen molar-refractivity contribution in [1.82, 2.24) is 4.90 Å². The second kappa shape index (κ2) is 10.8. The number of nitrogens with zero attached hydrogens (tertiary/aromatic N) is 3. The molecule has 0 unspecified atom stereocenters. The molecular weight excluding hydrogens is 430 g/mol. The second-order valence-corrected chi connectivity index (χ2v) is 8.23. The van der Waals surface area contributed by atoms with E-state index in [1.807, 2.05) is 49.4 Å². The zero-order chi connectivity index (χ0) is 22.2. The van der Waals surface area contributed by atoms with Crippen molar-refractivity contribution in [1.29, 1.82) is 5.26 Å². The van der Waals surface area contributed by atoms with E-state index in [9.17, 15) is 9.59 Å². The Kier molecular flexibility index (Phi) is 7.82. The van der Waals surface area contributed by atoms with Crippen LogP contribution in [0.5, 0.6) is 5.75 Å². The molecule has 1 aliphatic rings. The highest BCUT2D eigenvalue weighted by Gasteiger charge is 2.34. The molecule has 0 N–H and O–H groups in total. The SMILES string of the molecule is CCOc1ccc(C=C2SC(=S)N(CC(=O)N(CCC#N)c3ccccc3)C2=O)cc1. The first-order valence-electron chi connectivity index (χ1n) is 9.74. The van der Waals surface area contributed by atoms with Gasteiger partial charge in [-0.3, -0.25) is 14.5 Å².